The Balaban J connectivity index is 0.00000121. The van der Waals surface area contributed by atoms with E-state index < -0.39 is 0 Å². The summed E-state index contributed by atoms with van der Waals surface area (Å²) in [7, 11) is 0. The molecule has 1 unspecified atom stereocenters. The molecule has 4 heteroatoms. The Kier molecular flexibility index (Phi) is 6.11. The highest BCUT2D eigenvalue weighted by atomic mass is 35.5. The van der Waals surface area contributed by atoms with Crippen molar-refractivity contribution >= 4 is 18.3 Å². The molecule has 3 nitrogen and oxygen atoms in total. The Hall–Kier alpha value is -0.280. The van der Waals surface area contributed by atoms with Gasteiger partial charge >= 0.3 is 0 Å². The van der Waals surface area contributed by atoms with Gasteiger partial charge in [0.2, 0.25) is 5.91 Å². The maximum absolute atomic E-state index is 10.6. The standard InChI is InChI=1S/C8H16N2O.ClH/c1-7(11)10-6-8-3-2-4-9-5-8;/h8-9H,2-6H2,1H3,(H,10,11);1H. The summed E-state index contributed by atoms with van der Waals surface area (Å²) < 4.78 is 0. The number of nitrogens with one attached hydrogen (secondary N) is 2. The maximum atomic E-state index is 10.6. The second kappa shape index (κ2) is 6.26. The van der Waals surface area contributed by atoms with Crippen LogP contribution in [-0.4, -0.2) is 25.5 Å². The molecular weight excluding hydrogens is 176 g/mol. The molecule has 0 aliphatic carbocycles. The molecule has 1 aliphatic heterocycles. The summed E-state index contributed by atoms with van der Waals surface area (Å²) in [6, 6.07) is 0. The van der Waals surface area contributed by atoms with Gasteiger partial charge in [0, 0.05) is 13.5 Å². The van der Waals surface area contributed by atoms with Crippen molar-refractivity contribution in [1.29, 1.82) is 0 Å². The fourth-order valence-corrected chi connectivity index (χ4v) is 1.39. The van der Waals surface area contributed by atoms with Crippen LogP contribution in [0.2, 0.25) is 0 Å². The molecule has 1 aliphatic rings. The number of carbonyl (C=O) groups is 1. The van der Waals surface area contributed by atoms with Crippen LogP contribution in [0.4, 0.5) is 0 Å². The number of piperidine rings is 1. The van der Waals surface area contributed by atoms with Crippen LogP contribution in [0, 0.1) is 5.92 Å². The smallest absolute Gasteiger partial charge is 0.216 e. The zero-order chi connectivity index (χ0) is 8.10. The normalized spacial score (nSPS) is 22.6. The highest BCUT2D eigenvalue weighted by molar-refractivity contribution is 5.85. The molecule has 2 N–H and O–H groups in total. The molecule has 1 fully saturated rings. The van der Waals surface area contributed by atoms with Crippen LogP contribution in [0.3, 0.4) is 0 Å². The van der Waals surface area contributed by atoms with Gasteiger partial charge in [-0.3, -0.25) is 4.79 Å². The molecule has 0 saturated carbocycles. The van der Waals surface area contributed by atoms with Crippen LogP contribution in [0.1, 0.15) is 19.8 Å². The summed E-state index contributed by atoms with van der Waals surface area (Å²) in [6.07, 6.45) is 2.48. The Morgan fingerprint density at radius 1 is 1.67 bits per heavy atom. The number of halogens is 1. The van der Waals surface area contributed by atoms with Gasteiger partial charge in [-0.15, -0.1) is 12.4 Å². The summed E-state index contributed by atoms with van der Waals surface area (Å²) in [5, 5.41) is 6.14. The van der Waals surface area contributed by atoms with E-state index in [1.807, 2.05) is 0 Å². The van der Waals surface area contributed by atoms with Crippen molar-refractivity contribution in [2.75, 3.05) is 19.6 Å². The monoisotopic (exact) mass is 192 g/mol. The third-order valence-electron chi connectivity index (χ3n) is 2.04. The van der Waals surface area contributed by atoms with Crippen LogP contribution in [0.25, 0.3) is 0 Å². The van der Waals surface area contributed by atoms with Crippen molar-refractivity contribution in [2.24, 2.45) is 5.92 Å². The lowest BCUT2D eigenvalue weighted by atomic mass is 10.00. The largest absolute Gasteiger partial charge is 0.356 e. The molecule has 1 heterocycles. The average molecular weight is 193 g/mol. The zero-order valence-corrected chi connectivity index (χ0v) is 8.25. The number of hydrogen-bond donors (Lipinski definition) is 2. The minimum atomic E-state index is 0. The van der Waals surface area contributed by atoms with Gasteiger partial charge < -0.3 is 10.6 Å². The first kappa shape index (κ1) is 11.7. The Morgan fingerprint density at radius 2 is 2.42 bits per heavy atom. The summed E-state index contributed by atoms with van der Waals surface area (Å²) >= 11 is 0. The highest BCUT2D eigenvalue weighted by Crippen LogP contribution is 2.07. The molecule has 0 radical (unpaired) electrons. The second-order valence-electron chi connectivity index (χ2n) is 3.15. The van der Waals surface area contributed by atoms with E-state index in [4.69, 9.17) is 0 Å². The predicted octanol–water partition coefficient (Wildman–Crippen LogP) is 0.544. The number of rotatable bonds is 2. The molecular formula is C8H17ClN2O. The van der Waals surface area contributed by atoms with Crippen LogP contribution in [0.5, 0.6) is 0 Å². The minimum absolute atomic E-state index is 0. The van der Waals surface area contributed by atoms with Crippen LogP contribution in [-0.2, 0) is 4.79 Å². The van der Waals surface area contributed by atoms with E-state index in [9.17, 15) is 4.79 Å². The average Bonchev–Trinajstić information content (AvgIpc) is 2.03. The molecule has 0 aromatic heterocycles. The van der Waals surface area contributed by atoms with E-state index >= 15 is 0 Å². The predicted molar refractivity (Wildman–Crippen MR) is 51.5 cm³/mol. The first-order valence-electron chi connectivity index (χ1n) is 4.24. The number of amides is 1. The molecule has 1 atom stereocenters. The van der Waals surface area contributed by atoms with Crippen molar-refractivity contribution in [1.82, 2.24) is 10.6 Å². The van der Waals surface area contributed by atoms with Crippen molar-refractivity contribution in [2.45, 2.75) is 19.8 Å². The van der Waals surface area contributed by atoms with Crippen LogP contribution >= 0.6 is 12.4 Å². The first-order chi connectivity index (χ1) is 5.29. The topological polar surface area (TPSA) is 41.1 Å². The van der Waals surface area contributed by atoms with Gasteiger partial charge in [-0.25, -0.2) is 0 Å². The fourth-order valence-electron chi connectivity index (χ4n) is 1.39. The summed E-state index contributed by atoms with van der Waals surface area (Å²) in [5.41, 5.74) is 0. The van der Waals surface area contributed by atoms with Crippen LogP contribution < -0.4 is 10.6 Å². The number of carbonyl (C=O) groups excluding carboxylic acids is 1. The third-order valence-corrected chi connectivity index (χ3v) is 2.04. The lowest BCUT2D eigenvalue weighted by Crippen LogP contribution is -2.37. The molecule has 72 valence electrons. The van der Waals surface area contributed by atoms with Gasteiger partial charge in [0.25, 0.3) is 0 Å². The molecule has 0 bridgehead atoms. The van der Waals surface area contributed by atoms with E-state index in [2.05, 4.69) is 10.6 Å². The zero-order valence-electron chi connectivity index (χ0n) is 7.43. The molecule has 0 aromatic carbocycles. The molecule has 1 amide bonds. The van der Waals surface area contributed by atoms with Crippen molar-refractivity contribution in [3.63, 3.8) is 0 Å². The van der Waals surface area contributed by atoms with Crippen molar-refractivity contribution in [3.8, 4) is 0 Å². The second-order valence-corrected chi connectivity index (χ2v) is 3.15. The summed E-state index contributed by atoms with van der Waals surface area (Å²) in [5.74, 6) is 0.725. The molecule has 12 heavy (non-hydrogen) atoms. The summed E-state index contributed by atoms with van der Waals surface area (Å²) in [4.78, 5) is 10.6. The molecule has 1 saturated heterocycles. The van der Waals surface area contributed by atoms with E-state index in [0.29, 0.717) is 5.92 Å². The van der Waals surface area contributed by atoms with Gasteiger partial charge in [-0.05, 0) is 31.8 Å². The molecule has 1 rings (SSSR count). The van der Waals surface area contributed by atoms with Gasteiger partial charge in [0.1, 0.15) is 0 Å². The minimum Gasteiger partial charge on any atom is -0.356 e. The van der Waals surface area contributed by atoms with Crippen molar-refractivity contribution in [3.05, 3.63) is 0 Å². The van der Waals surface area contributed by atoms with Gasteiger partial charge in [-0.2, -0.15) is 0 Å². The van der Waals surface area contributed by atoms with E-state index in [1.165, 1.54) is 12.8 Å². The first-order valence-corrected chi connectivity index (χ1v) is 4.24. The van der Waals surface area contributed by atoms with E-state index in [-0.39, 0.29) is 18.3 Å². The molecule has 0 aromatic rings. The number of hydrogen-bond acceptors (Lipinski definition) is 2. The molecule has 0 spiro atoms. The summed E-state index contributed by atoms with van der Waals surface area (Å²) in [6.45, 7) is 4.59. The third kappa shape index (κ3) is 4.57. The quantitative estimate of drug-likeness (QED) is 0.671. The maximum Gasteiger partial charge on any atom is 0.216 e. The van der Waals surface area contributed by atoms with E-state index in [1.54, 1.807) is 6.92 Å². The lowest BCUT2D eigenvalue weighted by molar-refractivity contribution is -0.119. The SMILES string of the molecule is CC(=O)NCC1CCCNC1.Cl. The van der Waals surface area contributed by atoms with Gasteiger partial charge in [0.15, 0.2) is 0 Å². The Bertz CT molecular complexity index is 135. The van der Waals surface area contributed by atoms with Gasteiger partial charge in [0.05, 0.1) is 0 Å². The Morgan fingerprint density at radius 3 is 2.92 bits per heavy atom. The lowest BCUT2D eigenvalue weighted by Gasteiger charge is -2.22. The van der Waals surface area contributed by atoms with E-state index in [0.717, 1.165) is 19.6 Å². The van der Waals surface area contributed by atoms with Gasteiger partial charge in [-0.1, -0.05) is 0 Å². The van der Waals surface area contributed by atoms with Crippen molar-refractivity contribution < 1.29 is 4.79 Å². The Labute approximate surface area is 79.7 Å². The van der Waals surface area contributed by atoms with Crippen LogP contribution in [0.15, 0.2) is 0 Å². The highest BCUT2D eigenvalue weighted by Gasteiger charge is 2.12. The fraction of sp³-hybridized carbons (Fsp3) is 0.875.